The third-order valence-corrected chi connectivity index (χ3v) is 5.35. The second kappa shape index (κ2) is 8.60. The Kier molecular flexibility index (Phi) is 5.70. The lowest BCUT2D eigenvalue weighted by Crippen LogP contribution is -2.26. The summed E-state index contributed by atoms with van der Waals surface area (Å²) in [7, 11) is 0. The van der Waals surface area contributed by atoms with Crippen LogP contribution in [0, 0.1) is 17.1 Å². The van der Waals surface area contributed by atoms with Crippen LogP contribution in [0.2, 0.25) is 0 Å². The zero-order chi connectivity index (χ0) is 22.8. The lowest BCUT2D eigenvalue weighted by molar-refractivity contribution is 0.625. The van der Waals surface area contributed by atoms with Crippen molar-refractivity contribution in [2.45, 2.75) is 6.42 Å². The van der Waals surface area contributed by atoms with Gasteiger partial charge in [0, 0.05) is 17.4 Å². The van der Waals surface area contributed by atoms with Crippen LogP contribution in [0.15, 0.2) is 51.7 Å². The molecule has 2 aromatic carbocycles. The minimum Gasteiger partial charge on any atom is -0.382 e. The van der Waals surface area contributed by atoms with Crippen molar-refractivity contribution < 1.29 is 4.39 Å². The number of rotatable bonds is 5. The van der Waals surface area contributed by atoms with Crippen molar-refractivity contribution >= 4 is 44.4 Å². The fourth-order valence-corrected chi connectivity index (χ4v) is 3.84. The predicted molar refractivity (Wildman–Crippen MR) is 123 cm³/mol. The van der Waals surface area contributed by atoms with Gasteiger partial charge in [0.05, 0.1) is 16.6 Å². The quantitative estimate of drug-likeness (QED) is 0.383. The topological polar surface area (TPSA) is 149 Å². The maximum atomic E-state index is 13.9. The van der Waals surface area contributed by atoms with Crippen LogP contribution in [0.1, 0.15) is 11.4 Å². The largest absolute Gasteiger partial charge is 0.382 e. The Hall–Kier alpha value is -4.04. The average molecular weight is 495 g/mol. The summed E-state index contributed by atoms with van der Waals surface area (Å²) in [5.41, 5.74) is 11.9. The number of fused-ring (bicyclic) bond motifs is 1. The van der Waals surface area contributed by atoms with Gasteiger partial charge in [0.1, 0.15) is 29.1 Å². The van der Waals surface area contributed by atoms with E-state index < -0.39 is 5.82 Å². The number of aromatic nitrogens is 4. The van der Waals surface area contributed by atoms with Gasteiger partial charge >= 0.3 is 0 Å². The fourth-order valence-electron chi connectivity index (χ4n) is 3.31. The molecule has 0 saturated carbocycles. The fraction of sp³-hybridized carbons (Fsp3) is 0.0952. The molecule has 0 amide bonds. The molecule has 0 radical (unpaired) electrons. The van der Waals surface area contributed by atoms with Crippen molar-refractivity contribution in [1.29, 1.82) is 5.26 Å². The Morgan fingerprint density at radius 1 is 1.16 bits per heavy atom. The Labute approximate surface area is 189 Å². The molecule has 0 unspecified atom stereocenters. The normalized spacial score (nSPS) is 10.8. The van der Waals surface area contributed by atoms with Crippen molar-refractivity contribution in [2.24, 2.45) is 0 Å². The summed E-state index contributed by atoms with van der Waals surface area (Å²) in [6.07, 6.45) is 0.253. The van der Waals surface area contributed by atoms with E-state index in [9.17, 15) is 14.4 Å². The number of nitrogen functional groups attached to an aromatic ring is 2. The first-order valence-corrected chi connectivity index (χ1v) is 10.2. The highest BCUT2D eigenvalue weighted by molar-refractivity contribution is 9.10. The molecule has 0 aliphatic rings. The van der Waals surface area contributed by atoms with Gasteiger partial charge in [-0.2, -0.15) is 15.2 Å². The summed E-state index contributed by atoms with van der Waals surface area (Å²) < 4.78 is 15.9. The van der Waals surface area contributed by atoms with Crippen LogP contribution in [0.25, 0.3) is 16.6 Å². The molecule has 0 aliphatic carbocycles. The molecule has 11 heteroatoms. The summed E-state index contributed by atoms with van der Waals surface area (Å²) in [5, 5.41) is 12.7. The van der Waals surface area contributed by atoms with Crippen molar-refractivity contribution in [3.05, 3.63) is 74.5 Å². The standard InChI is InChI=1S/C21H16BrFN8O/c22-14-5-2-6-15-17(14)20(32)31(12-4-1-3-11(23)9-12)16(28-15)7-8-27-19-13(10-24)18(25)29-21(26)30-19/h1-6,9H,7-8H2,(H5,25,26,27,29,30). The van der Waals surface area contributed by atoms with E-state index in [-0.39, 0.29) is 41.7 Å². The second-order valence-electron chi connectivity index (χ2n) is 6.76. The molecule has 5 N–H and O–H groups in total. The molecule has 4 aromatic rings. The minimum atomic E-state index is -0.476. The first kappa shape index (κ1) is 21.2. The summed E-state index contributed by atoms with van der Waals surface area (Å²) in [6, 6.07) is 12.9. The van der Waals surface area contributed by atoms with E-state index in [1.54, 1.807) is 24.3 Å². The Balaban J connectivity index is 1.77. The third-order valence-electron chi connectivity index (χ3n) is 4.69. The van der Waals surface area contributed by atoms with E-state index in [1.807, 2.05) is 6.07 Å². The highest BCUT2D eigenvalue weighted by Crippen LogP contribution is 2.22. The van der Waals surface area contributed by atoms with Gasteiger partial charge in [0.2, 0.25) is 5.95 Å². The highest BCUT2D eigenvalue weighted by atomic mass is 79.9. The molecule has 4 rings (SSSR count). The number of anilines is 3. The van der Waals surface area contributed by atoms with Crippen molar-refractivity contribution in [3.63, 3.8) is 0 Å². The molecule has 0 saturated heterocycles. The van der Waals surface area contributed by atoms with Crippen LogP contribution in [0.4, 0.5) is 22.0 Å². The minimum absolute atomic E-state index is 0.0344. The van der Waals surface area contributed by atoms with Crippen LogP contribution >= 0.6 is 15.9 Å². The van der Waals surface area contributed by atoms with E-state index in [1.165, 1.54) is 22.8 Å². The maximum Gasteiger partial charge on any atom is 0.267 e. The summed E-state index contributed by atoms with van der Waals surface area (Å²) in [6.45, 7) is 0.242. The maximum absolute atomic E-state index is 13.9. The predicted octanol–water partition coefficient (Wildman–Crippen LogP) is 2.77. The first-order valence-electron chi connectivity index (χ1n) is 9.42. The SMILES string of the molecule is N#Cc1c(N)nc(N)nc1NCCc1nc2cccc(Br)c2c(=O)n1-c1cccc(F)c1. The average Bonchev–Trinajstić information content (AvgIpc) is 2.73. The second-order valence-corrected chi connectivity index (χ2v) is 7.62. The lowest BCUT2D eigenvalue weighted by Gasteiger charge is -2.15. The molecule has 0 atom stereocenters. The van der Waals surface area contributed by atoms with Crippen molar-refractivity contribution in [3.8, 4) is 11.8 Å². The number of hydrogen-bond acceptors (Lipinski definition) is 8. The molecule has 0 fully saturated rings. The van der Waals surface area contributed by atoms with Crippen molar-refractivity contribution in [2.75, 3.05) is 23.3 Å². The van der Waals surface area contributed by atoms with E-state index >= 15 is 0 Å². The molecule has 2 aromatic heterocycles. The zero-order valence-corrected chi connectivity index (χ0v) is 18.1. The Bertz CT molecular complexity index is 1450. The Morgan fingerprint density at radius 3 is 2.69 bits per heavy atom. The van der Waals surface area contributed by atoms with Gasteiger partial charge in [0.25, 0.3) is 5.56 Å². The van der Waals surface area contributed by atoms with Crippen LogP contribution in [0.5, 0.6) is 0 Å². The number of nitrogens with two attached hydrogens (primary N) is 2. The van der Waals surface area contributed by atoms with E-state index in [0.29, 0.717) is 26.9 Å². The van der Waals surface area contributed by atoms with Crippen LogP contribution in [0.3, 0.4) is 0 Å². The number of hydrogen-bond donors (Lipinski definition) is 3. The molecule has 9 nitrogen and oxygen atoms in total. The van der Waals surface area contributed by atoms with Crippen LogP contribution < -0.4 is 22.3 Å². The monoisotopic (exact) mass is 494 g/mol. The number of nitrogens with one attached hydrogen (secondary N) is 1. The molecule has 0 aliphatic heterocycles. The lowest BCUT2D eigenvalue weighted by atomic mass is 10.2. The van der Waals surface area contributed by atoms with Gasteiger partial charge in [-0.25, -0.2) is 9.37 Å². The van der Waals surface area contributed by atoms with Gasteiger partial charge < -0.3 is 16.8 Å². The van der Waals surface area contributed by atoms with Crippen molar-refractivity contribution in [1.82, 2.24) is 19.5 Å². The molecular formula is C21H16BrFN8O. The van der Waals surface area contributed by atoms with Gasteiger partial charge in [-0.05, 0) is 46.3 Å². The third kappa shape index (κ3) is 3.95. The van der Waals surface area contributed by atoms with Crippen LogP contribution in [-0.4, -0.2) is 26.1 Å². The van der Waals surface area contributed by atoms with Gasteiger partial charge in [0.15, 0.2) is 5.82 Å². The van der Waals surface area contributed by atoms with E-state index in [4.69, 9.17) is 11.5 Å². The van der Waals surface area contributed by atoms with E-state index in [2.05, 4.69) is 36.2 Å². The van der Waals surface area contributed by atoms with Crippen LogP contribution in [-0.2, 0) is 6.42 Å². The molecule has 2 heterocycles. The van der Waals surface area contributed by atoms with E-state index in [0.717, 1.165) is 0 Å². The number of nitrogens with zero attached hydrogens (tertiary/aromatic N) is 5. The molecule has 160 valence electrons. The molecule has 32 heavy (non-hydrogen) atoms. The Morgan fingerprint density at radius 2 is 1.94 bits per heavy atom. The first-order chi connectivity index (χ1) is 15.4. The number of benzene rings is 2. The summed E-state index contributed by atoms with van der Waals surface area (Å²) in [4.78, 5) is 25.8. The molecule has 0 bridgehead atoms. The number of halogens is 2. The number of nitriles is 1. The molecule has 0 spiro atoms. The van der Waals surface area contributed by atoms with Gasteiger partial charge in [-0.3, -0.25) is 9.36 Å². The highest BCUT2D eigenvalue weighted by Gasteiger charge is 2.16. The zero-order valence-electron chi connectivity index (χ0n) is 16.5. The van der Waals surface area contributed by atoms with Gasteiger partial charge in [-0.15, -0.1) is 0 Å². The van der Waals surface area contributed by atoms with Gasteiger partial charge in [-0.1, -0.05) is 12.1 Å². The molecular weight excluding hydrogens is 479 g/mol. The summed E-state index contributed by atoms with van der Waals surface area (Å²) >= 11 is 3.40. The summed E-state index contributed by atoms with van der Waals surface area (Å²) in [5.74, 6) is -0.00797. The smallest absolute Gasteiger partial charge is 0.267 e.